The average Bonchev–Trinajstić information content (AvgIpc) is 2.77. The van der Waals surface area contributed by atoms with Crippen molar-refractivity contribution >= 4 is 33.3 Å². The van der Waals surface area contributed by atoms with Gasteiger partial charge >= 0.3 is 5.97 Å². The van der Waals surface area contributed by atoms with Crippen LogP contribution >= 0.6 is 15.9 Å². The summed E-state index contributed by atoms with van der Waals surface area (Å²) in [4.78, 5) is 14.0. The predicted octanol–water partition coefficient (Wildman–Crippen LogP) is 5.93. The second-order valence-electron chi connectivity index (χ2n) is 8.63. The summed E-state index contributed by atoms with van der Waals surface area (Å²) in [5, 5.41) is 12.8. The number of nitrogen functional groups attached to an aromatic ring is 1. The zero-order valence-corrected chi connectivity index (χ0v) is 21.2. The fraction of sp³-hybridized carbons (Fsp3) is 0.296. The van der Waals surface area contributed by atoms with Gasteiger partial charge in [-0.2, -0.15) is 0 Å². The summed E-state index contributed by atoms with van der Waals surface area (Å²) in [6, 6.07) is 18.6. The highest BCUT2D eigenvalue weighted by Gasteiger charge is 2.22. The second-order valence-corrected chi connectivity index (χ2v) is 9.54. The molecule has 1 unspecified atom stereocenters. The quantitative estimate of drug-likeness (QED) is 0.311. The first-order chi connectivity index (χ1) is 15.7. The molecule has 0 saturated carbocycles. The monoisotopic (exact) mass is 509 g/mol. The topological polar surface area (TPSA) is 78.6 Å². The van der Waals surface area contributed by atoms with Gasteiger partial charge in [-0.3, -0.25) is 9.69 Å². The molecule has 0 saturated heterocycles. The standard InChI is InChI=1S/C27H32BrN3O2/c1-17-5-8-20(13-21(17)16-31(4)15-19-6-9-22(28)10-7-19)24(14-26(32)33)23-11-12-25(30-3)27(29)18(23)2/h5-13,24,30H,14-16,29H2,1-4H3,(H,32,33). The smallest absolute Gasteiger partial charge is 0.304 e. The highest BCUT2D eigenvalue weighted by molar-refractivity contribution is 9.10. The van der Waals surface area contributed by atoms with E-state index < -0.39 is 5.97 Å². The Hall–Kier alpha value is -2.83. The molecule has 0 amide bonds. The number of aliphatic carboxylic acids is 1. The van der Waals surface area contributed by atoms with Gasteiger partial charge in [-0.1, -0.05) is 52.3 Å². The molecule has 0 bridgehead atoms. The van der Waals surface area contributed by atoms with E-state index in [1.165, 1.54) is 16.7 Å². The summed E-state index contributed by atoms with van der Waals surface area (Å²) in [7, 11) is 3.93. The first-order valence-electron chi connectivity index (χ1n) is 11.0. The lowest BCUT2D eigenvalue weighted by Gasteiger charge is -2.23. The number of hydrogen-bond donors (Lipinski definition) is 3. The number of nitrogens with zero attached hydrogens (tertiary/aromatic N) is 1. The van der Waals surface area contributed by atoms with Gasteiger partial charge in [0.1, 0.15) is 0 Å². The Bertz CT molecular complexity index is 1130. The molecule has 0 fully saturated rings. The number of nitrogens with one attached hydrogen (secondary N) is 1. The summed E-state index contributed by atoms with van der Waals surface area (Å²) in [5.74, 6) is -1.10. The number of carbonyl (C=O) groups is 1. The van der Waals surface area contributed by atoms with Crippen molar-refractivity contribution in [3.63, 3.8) is 0 Å². The van der Waals surface area contributed by atoms with Crippen molar-refractivity contribution in [2.75, 3.05) is 25.1 Å². The van der Waals surface area contributed by atoms with Crippen LogP contribution in [0.3, 0.4) is 0 Å². The zero-order valence-electron chi connectivity index (χ0n) is 19.7. The molecule has 0 aromatic heterocycles. The molecule has 0 spiro atoms. The van der Waals surface area contributed by atoms with Crippen molar-refractivity contribution in [2.24, 2.45) is 0 Å². The lowest BCUT2D eigenvalue weighted by Crippen LogP contribution is -2.18. The van der Waals surface area contributed by atoms with Gasteiger partial charge in [0.25, 0.3) is 0 Å². The minimum absolute atomic E-state index is 0.0103. The number of anilines is 2. The SMILES string of the molecule is CNc1ccc(C(CC(=O)O)c2ccc(C)c(CN(C)Cc3ccc(Br)cc3)c2)c(C)c1N. The maximum absolute atomic E-state index is 11.8. The van der Waals surface area contributed by atoms with E-state index >= 15 is 0 Å². The van der Waals surface area contributed by atoms with Crippen molar-refractivity contribution in [1.82, 2.24) is 4.90 Å². The Morgan fingerprint density at radius 2 is 1.79 bits per heavy atom. The average molecular weight is 510 g/mol. The maximum Gasteiger partial charge on any atom is 0.304 e. The first-order valence-corrected chi connectivity index (χ1v) is 11.8. The van der Waals surface area contributed by atoms with E-state index in [4.69, 9.17) is 5.73 Å². The lowest BCUT2D eigenvalue weighted by molar-refractivity contribution is -0.137. The van der Waals surface area contributed by atoms with Crippen LogP contribution in [0.2, 0.25) is 0 Å². The molecule has 3 rings (SSSR count). The Labute approximate surface area is 204 Å². The van der Waals surface area contributed by atoms with Gasteiger partial charge < -0.3 is 16.2 Å². The van der Waals surface area contributed by atoms with Crippen LogP contribution in [0.15, 0.2) is 59.1 Å². The number of carboxylic acids is 1. The Morgan fingerprint density at radius 3 is 2.42 bits per heavy atom. The third-order valence-corrected chi connectivity index (χ3v) is 6.69. The van der Waals surface area contributed by atoms with Crippen LogP contribution in [-0.2, 0) is 17.9 Å². The molecule has 0 radical (unpaired) electrons. The number of aryl methyl sites for hydroxylation is 1. The van der Waals surface area contributed by atoms with Crippen LogP contribution in [0.4, 0.5) is 11.4 Å². The number of rotatable bonds is 9. The van der Waals surface area contributed by atoms with Crippen molar-refractivity contribution in [3.05, 3.63) is 92.5 Å². The van der Waals surface area contributed by atoms with Crippen molar-refractivity contribution in [3.8, 4) is 0 Å². The molecule has 0 aliphatic rings. The van der Waals surface area contributed by atoms with Crippen LogP contribution in [0.25, 0.3) is 0 Å². The molecular weight excluding hydrogens is 478 g/mol. The number of halogens is 1. The molecular formula is C27H32BrN3O2. The van der Waals surface area contributed by atoms with Gasteiger partial charge in [-0.25, -0.2) is 0 Å². The molecule has 174 valence electrons. The minimum Gasteiger partial charge on any atom is -0.481 e. The van der Waals surface area contributed by atoms with Crippen LogP contribution in [0.1, 0.15) is 45.7 Å². The fourth-order valence-corrected chi connectivity index (χ4v) is 4.51. The second kappa shape index (κ2) is 10.9. The summed E-state index contributed by atoms with van der Waals surface area (Å²) >= 11 is 3.48. The molecule has 0 aliphatic carbocycles. The maximum atomic E-state index is 11.8. The molecule has 6 heteroatoms. The van der Waals surface area contributed by atoms with Crippen molar-refractivity contribution < 1.29 is 9.90 Å². The van der Waals surface area contributed by atoms with Gasteiger partial charge in [0, 0.05) is 30.5 Å². The molecule has 0 heterocycles. The van der Waals surface area contributed by atoms with Crippen LogP contribution in [0.5, 0.6) is 0 Å². The molecule has 5 nitrogen and oxygen atoms in total. The van der Waals surface area contributed by atoms with E-state index in [0.29, 0.717) is 5.69 Å². The van der Waals surface area contributed by atoms with Gasteiger partial charge in [0.2, 0.25) is 0 Å². The summed E-state index contributed by atoms with van der Waals surface area (Å²) < 4.78 is 1.07. The molecule has 0 aliphatic heterocycles. The molecule has 3 aromatic rings. The predicted molar refractivity (Wildman–Crippen MR) is 140 cm³/mol. The highest BCUT2D eigenvalue weighted by atomic mass is 79.9. The first kappa shape index (κ1) is 24.8. The zero-order chi connectivity index (χ0) is 24.1. The van der Waals surface area contributed by atoms with E-state index in [1.807, 2.05) is 32.2 Å². The van der Waals surface area contributed by atoms with Crippen molar-refractivity contribution in [2.45, 2.75) is 39.3 Å². The minimum atomic E-state index is -0.829. The normalized spacial score (nSPS) is 12.1. The van der Waals surface area contributed by atoms with Crippen LogP contribution < -0.4 is 11.1 Å². The van der Waals surface area contributed by atoms with Crippen molar-refractivity contribution in [1.29, 1.82) is 0 Å². The number of carboxylic acid groups (broad SMARTS) is 1. The molecule has 33 heavy (non-hydrogen) atoms. The van der Waals surface area contributed by atoms with Gasteiger partial charge in [0.15, 0.2) is 0 Å². The Balaban J connectivity index is 1.91. The Kier molecular flexibility index (Phi) is 8.16. The lowest BCUT2D eigenvalue weighted by atomic mass is 9.84. The van der Waals surface area contributed by atoms with E-state index in [1.54, 1.807) is 0 Å². The van der Waals surface area contributed by atoms with Crippen LogP contribution in [-0.4, -0.2) is 30.1 Å². The third-order valence-electron chi connectivity index (χ3n) is 6.16. The fourth-order valence-electron chi connectivity index (χ4n) is 4.25. The summed E-state index contributed by atoms with van der Waals surface area (Å²) in [6.45, 7) is 5.66. The molecule has 4 N–H and O–H groups in total. The van der Waals surface area contributed by atoms with Gasteiger partial charge in [-0.05, 0) is 72.5 Å². The summed E-state index contributed by atoms with van der Waals surface area (Å²) in [6.07, 6.45) is 0.0103. The Morgan fingerprint density at radius 1 is 1.09 bits per heavy atom. The summed E-state index contributed by atoms with van der Waals surface area (Å²) in [5.41, 5.74) is 14.3. The molecule has 1 atom stereocenters. The largest absolute Gasteiger partial charge is 0.481 e. The molecule has 3 aromatic carbocycles. The third kappa shape index (κ3) is 6.15. The van der Waals surface area contributed by atoms with E-state index in [-0.39, 0.29) is 12.3 Å². The number of hydrogen-bond acceptors (Lipinski definition) is 4. The van der Waals surface area contributed by atoms with E-state index in [0.717, 1.165) is 39.9 Å². The van der Waals surface area contributed by atoms with E-state index in [9.17, 15) is 9.90 Å². The number of benzene rings is 3. The van der Waals surface area contributed by atoms with Gasteiger partial charge in [0.05, 0.1) is 17.8 Å². The highest BCUT2D eigenvalue weighted by Crippen LogP contribution is 2.36. The van der Waals surface area contributed by atoms with Gasteiger partial charge in [-0.15, -0.1) is 0 Å². The van der Waals surface area contributed by atoms with E-state index in [2.05, 4.69) is 76.5 Å². The van der Waals surface area contributed by atoms with Crippen LogP contribution in [0, 0.1) is 13.8 Å². The number of nitrogens with two attached hydrogens (primary N) is 1.